The number of halogens is 1. The molecule has 3 nitrogen and oxygen atoms in total. The molecule has 0 amide bonds. The van der Waals surface area contributed by atoms with Crippen LogP contribution in [0.3, 0.4) is 0 Å². The van der Waals surface area contributed by atoms with E-state index in [1.807, 2.05) is 0 Å². The van der Waals surface area contributed by atoms with Gasteiger partial charge in [-0.3, -0.25) is 0 Å². The van der Waals surface area contributed by atoms with Crippen LogP contribution in [0.1, 0.15) is 12.0 Å². The van der Waals surface area contributed by atoms with Crippen LogP contribution in [0, 0.1) is 5.82 Å². The molecule has 0 spiro atoms. The zero-order chi connectivity index (χ0) is 9.26. The number of para-hydroxylation sites is 1. The fourth-order valence-corrected chi connectivity index (χ4v) is 1.49. The minimum absolute atomic E-state index is 0.307. The van der Waals surface area contributed by atoms with Gasteiger partial charge in [-0.1, -0.05) is 17.3 Å². The van der Waals surface area contributed by atoms with Crippen LogP contribution in [0.2, 0.25) is 0 Å². The van der Waals surface area contributed by atoms with Gasteiger partial charge in [-0.25, -0.2) is 4.39 Å². The van der Waals surface area contributed by atoms with Crippen molar-refractivity contribution in [3.05, 3.63) is 29.6 Å². The van der Waals surface area contributed by atoms with Crippen LogP contribution < -0.4 is 5.32 Å². The first kappa shape index (κ1) is 8.04. The van der Waals surface area contributed by atoms with Crippen molar-refractivity contribution in [3.63, 3.8) is 0 Å². The summed E-state index contributed by atoms with van der Waals surface area (Å²) in [6, 6.07) is 4.72. The Kier molecular flexibility index (Phi) is 1.88. The van der Waals surface area contributed by atoms with E-state index in [0.29, 0.717) is 29.9 Å². The second-order valence-electron chi connectivity index (χ2n) is 2.89. The second-order valence-corrected chi connectivity index (χ2v) is 2.89. The maximum absolute atomic E-state index is 13.2. The van der Waals surface area contributed by atoms with E-state index in [4.69, 9.17) is 5.21 Å². The molecular formula is C9H9FN2O. The number of anilines is 1. The summed E-state index contributed by atoms with van der Waals surface area (Å²) in [6.45, 7) is 0.604. The van der Waals surface area contributed by atoms with Gasteiger partial charge in [0.2, 0.25) is 0 Å². The molecule has 2 N–H and O–H groups in total. The minimum atomic E-state index is -0.307. The molecule has 1 aromatic rings. The van der Waals surface area contributed by atoms with Crippen LogP contribution in [0.5, 0.6) is 0 Å². The molecule has 0 atom stereocenters. The molecule has 0 unspecified atom stereocenters. The Hall–Kier alpha value is -1.58. The lowest BCUT2D eigenvalue weighted by Crippen LogP contribution is -2.19. The van der Waals surface area contributed by atoms with Gasteiger partial charge in [0.1, 0.15) is 5.82 Å². The lowest BCUT2D eigenvalue weighted by molar-refractivity contribution is 0.318. The van der Waals surface area contributed by atoms with E-state index >= 15 is 0 Å². The second kappa shape index (κ2) is 3.05. The van der Waals surface area contributed by atoms with E-state index in [2.05, 4.69) is 10.5 Å². The number of benzene rings is 1. The van der Waals surface area contributed by atoms with Gasteiger partial charge in [-0.15, -0.1) is 0 Å². The molecule has 0 radical (unpaired) electrons. The zero-order valence-corrected chi connectivity index (χ0v) is 6.92. The number of hydrogen-bond acceptors (Lipinski definition) is 3. The van der Waals surface area contributed by atoms with E-state index in [1.54, 1.807) is 12.1 Å². The highest BCUT2D eigenvalue weighted by Crippen LogP contribution is 2.24. The molecule has 2 rings (SSSR count). The van der Waals surface area contributed by atoms with Crippen LogP contribution in [0.15, 0.2) is 23.4 Å². The molecule has 0 aromatic heterocycles. The summed E-state index contributed by atoms with van der Waals surface area (Å²) in [5, 5.41) is 14.7. The van der Waals surface area contributed by atoms with Crippen molar-refractivity contribution in [3.8, 4) is 0 Å². The Bertz CT molecular complexity index is 363. The van der Waals surface area contributed by atoms with Gasteiger partial charge in [-0.2, -0.15) is 0 Å². The lowest BCUT2D eigenvalue weighted by Gasteiger charge is -2.18. The normalized spacial score (nSPS) is 18.1. The van der Waals surface area contributed by atoms with E-state index in [-0.39, 0.29) is 5.82 Å². The van der Waals surface area contributed by atoms with Crippen molar-refractivity contribution in [1.29, 1.82) is 0 Å². The first-order valence-electron chi connectivity index (χ1n) is 4.06. The fraction of sp³-hybridized carbons (Fsp3) is 0.222. The highest BCUT2D eigenvalue weighted by atomic mass is 19.1. The van der Waals surface area contributed by atoms with E-state index < -0.39 is 0 Å². The summed E-state index contributed by atoms with van der Waals surface area (Å²) in [5.41, 5.74) is 1.61. The molecule has 0 saturated heterocycles. The van der Waals surface area contributed by atoms with E-state index in [9.17, 15) is 4.39 Å². The summed E-state index contributed by atoms with van der Waals surface area (Å²) in [7, 11) is 0. The van der Waals surface area contributed by atoms with Crippen molar-refractivity contribution >= 4 is 11.4 Å². The van der Waals surface area contributed by atoms with Gasteiger partial charge in [0.15, 0.2) is 0 Å². The van der Waals surface area contributed by atoms with Crippen LogP contribution in [-0.2, 0) is 0 Å². The number of fused-ring (bicyclic) bond motifs is 1. The molecular weight excluding hydrogens is 171 g/mol. The highest BCUT2D eigenvalue weighted by molar-refractivity contribution is 6.06. The summed E-state index contributed by atoms with van der Waals surface area (Å²) in [5.74, 6) is -0.307. The monoisotopic (exact) mass is 180 g/mol. The quantitative estimate of drug-likeness (QED) is 0.472. The third-order valence-corrected chi connectivity index (χ3v) is 2.11. The van der Waals surface area contributed by atoms with Gasteiger partial charge in [0.25, 0.3) is 0 Å². The molecule has 0 saturated carbocycles. The third-order valence-electron chi connectivity index (χ3n) is 2.11. The van der Waals surface area contributed by atoms with E-state index in [1.165, 1.54) is 6.07 Å². The Morgan fingerprint density at radius 3 is 3.08 bits per heavy atom. The Morgan fingerprint density at radius 2 is 2.31 bits per heavy atom. The topological polar surface area (TPSA) is 44.6 Å². The fourth-order valence-electron chi connectivity index (χ4n) is 1.49. The molecule has 1 heterocycles. The van der Waals surface area contributed by atoms with Gasteiger partial charge in [0.05, 0.1) is 11.4 Å². The van der Waals surface area contributed by atoms with Crippen molar-refractivity contribution in [1.82, 2.24) is 0 Å². The van der Waals surface area contributed by atoms with Crippen LogP contribution in [0.25, 0.3) is 0 Å². The van der Waals surface area contributed by atoms with Gasteiger partial charge >= 0.3 is 0 Å². The van der Waals surface area contributed by atoms with Crippen molar-refractivity contribution < 1.29 is 9.60 Å². The third kappa shape index (κ3) is 1.24. The highest BCUT2D eigenvalue weighted by Gasteiger charge is 2.17. The van der Waals surface area contributed by atoms with Gasteiger partial charge in [0, 0.05) is 18.5 Å². The zero-order valence-electron chi connectivity index (χ0n) is 6.92. The number of oxime groups is 1. The molecule has 68 valence electrons. The standard InChI is InChI=1S/C9H9FN2O/c10-7-3-1-2-6-8(12-13)4-5-11-9(6)7/h1-3,11,13H,4-5H2. The Morgan fingerprint density at radius 1 is 1.46 bits per heavy atom. The molecule has 1 aliphatic heterocycles. The number of nitrogens with one attached hydrogen (secondary N) is 1. The summed E-state index contributed by atoms with van der Waals surface area (Å²) in [4.78, 5) is 0. The average Bonchev–Trinajstić information content (AvgIpc) is 2.18. The summed E-state index contributed by atoms with van der Waals surface area (Å²) < 4.78 is 13.2. The van der Waals surface area contributed by atoms with Gasteiger partial charge < -0.3 is 10.5 Å². The first-order valence-corrected chi connectivity index (χ1v) is 4.06. The van der Waals surface area contributed by atoms with Crippen LogP contribution in [0.4, 0.5) is 10.1 Å². The number of rotatable bonds is 0. The molecule has 0 fully saturated rings. The first-order chi connectivity index (χ1) is 6.33. The van der Waals surface area contributed by atoms with Gasteiger partial charge in [-0.05, 0) is 6.07 Å². The average molecular weight is 180 g/mol. The predicted molar refractivity (Wildman–Crippen MR) is 47.8 cm³/mol. The molecule has 1 aliphatic rings. The van der Waals surface area contributed by atoms with Crippen molar-refractivity contribution in [2.75, 3.05) is 11.9 Å². The lowest BCUT2D eigenvalue weighted by atomic mass is 10.0. The molecule has 0 aliphatic carbocycles. The Labute approximate surface area is 74.9 Å². The smallest absolute Gasteiger partial charge is 0.146 e. The maximum Gasteiger partial charge on any atom is 0.146 e. The molecule has 1 aromatic carbocycles. The maximum atomic E-state index is 13.2. The minimum Gasteiger partial charge on any atom is -0.411 e. The van der Waals surface area contributed by atoms with Crippen LogP contribution in [-0.4, -0.2) is 17.5 Å². The Balaban J connectivity index is 2.58. The molecule has 0 bridgehead atoms. The predicted octanol–water partition coefficient (Wildman–Crippen LogP) is 1.82. The number of nitrogens with zero attached hydrogens (tertiary/aromatic N) is 1. The SMILES string of the molecule is ON=C1CCNc2c(F)cccc21. The molecule has 4 heteroatoms. The van der Waals surface area contributed by atoms with E-state index in [0.717, 1.165) is 0 Å². The van der Waals surface area contributed by atoms with Crippen LogP contribution >= 0.6 is 0 Å². The number of hydrogen-bond donors (Lipinski definition) is 2. The summed E-state index contributed by atoms with van der Waals surface area (Å²) >= 11 is 0. The van der Waals surface area contributed by atoms with Crippen molar-refractivity contribution in [2.45, 2.75) is 6.42 Å². The largest absolute Gasteiger partial charge is 0.411 e. The van der Waals surface area contributed by atoms with Crippen molar-refractivity contribution in [2.24, 2.45) is 5.16 Å². The molecule has 13 heavy (non-hydrogen) atoms. The summed E-state index contributed by atoms with van der Waals surface area (Å²) in [6.07, 6.45) is 0.618.